The summed E-state index contributed by atoms with van der Waals surface area (Å²) in [6.07, 6.45) is -0.145. The van der Waals surface area contributed by atoms with E-state index in [0.717, 1.165) is 5.56 Å². The Hall–Kier alpha value is -2.67. The number of rotatable bonds is 5. The summed E-state index contributed by atoms with van der Waals surface area (Å²) in [6.45, 7) is 2.65. The zero-order valence-corrected chi connectivity index (χ0v) is 13.2. The number of nitrogens with zero attached hydrogens (tertiary/aromatic N) is 3. The molecule has 0 atom stereocenters. The van der Waals surface area contributed by atoms with Gasteiger partial charge in [-0.15, -0.1) is 0 Å². The number of benzene rings is 1. The van der Waals surface area contributed by atoms with Gasteiger partial charge in [0.05, 0.1) is 31.7 Å². The molecule has 0 saturated carbocycles. The molecule has 0 unspecified atom stereocenters. The smallest absolute Gasteiger partial charge is 0.305 e. The number of hydrogen-bond donors (Lipinski definition) is 1. The van der Waals surface area contributed by atoms with E-state index in [1.165, 1.54) is 4.68 Å². The van der Waals surface area contributed by atoms with Crippen LogP contribution in [-0.2, 0) is 16.1 Å². The fourth-order valence-electron chi connectivity index (χ4n) is 2.65. The summed E-state index contributed by atoms with van der Waals surface area (Å²) in [6, 6.07) is 11.1. The molecule has 1 fully saturated rings. The summed E-state index contributed by atoms with van der Waals surface area (Å²) in [7, 11) is 0. The van der Waals surface area contributed by atoms with Crippen LogP contribution < -0.4 is 10.5 Å². The van der Waals surface area contributed by atoms with E-state index in [2.05, 4.69) is 5.10 Å². The molecule has 126 valence electrons. The van der Waals surface area contributed by atoms with Crippen LogP contribution in [-0.4, -0.2) is 47.2 Å². The molecule has 0 bridgehead atoms. The Morgan fingerprint density at radius 2 is 1.92 bits per heavy atom. The Morgan fingerprint density at radius 3 is 2.58 bits per heavy atom. The molecule has 0 amide bonds. The molecule has 1 aliphatic heterocycles. The van der Waals surface area contributed by atoms with Gasteiger partial charge in [-0.3, -0.25) is 9.59 Å². The standard InChI is InChI=1S/C17H19N3O4/c21-16(22)6-7-20-17(23)14(13-4-2-1-3-5-13)12-15(18-20)19-8-10-24-11-9-19/h1-5,12H,6-11H2,(H,21,22). The molecule has 1 aromatic heterocycles. The van der Waals surface area contributed by atoms with Gasteiger partial charge in [-0.2, -0.15) is 5.10 Å². The van der Waals surface area contributed by atoms with Crippen LogP contribution in [0.25, 0.3) is 11.1 Å². The minimum atomic E-state index is -0.957. The molecule has 2 heterocycles. The lowest BCUT2D eigenvalue weighted by Gasteiger charge is -2.28. The number of carboxylic acid groups (broad SMARTS) is 1. The Labute approximate surface area is 139 Å². The lowest BCUT2D eigenvalue weighted by atomic mass is 10.1. The first-order valence-electron chi connectivity index (χ1n) is 7.87. The lowest BCUT2D eigenvalue weighted by Crippen LogP contribution is -2.38. The van der Waals surface area contributed by atoms with Gasteiger partial charge in [0, 0.05) is 13.1 Å². The zero-order valence-electron chi connectivity index (χ0n) is 13.2. The van der Waals surface area contributed by atoms with Crippen LogP contribution in [0.5, 0.6) is 0 Å². The first-order chi connectivity index (χ1) is 11.6. The van der Waals surface area contributed by atoms with E-state index < -0.39 is 5.97 Å². The highest BCUT2D eigenvalue weighted by atomic mass is 16.5. The first kappa shape index (κ1) is 16.2. The van der Waals surface area contributed by atoms with Crippen LogP contribution in [0.1, 0.15) is 6.42 Å². The van der Waals surface area contributed by atoms with Gasteiger partial charge >= 0.3 is 5.97 Å². The van der Waals surface area contributed by atoms with Crippen molar-refractivity contribution >= 4 is 11.8 Å². The van der Waals surface area contributed by atoms with Crippen molar-refractivity contribution in [2.45, 2.75) is 13.0 Å². The molecule has 0 aliphatic carbocycles. The number of anilines is 1. The zero-order chi connectivity index (χ0) is 16.9. The molecule has 7 heteroatoms. The maximum Gasteiger partial charge on any atom is 0.305 e. The molecule has 1 aliphatic rings. The fourth-order valence-corrected chi connectivity index (χ4v) is 2.65. The SMILES string of the molecule is O=C(O)CCn1nc(N2CCOCC2)cc(-c2ccccc2)c1=O. The van der Waals surface area contributed by atoms with Crippen molar-refractivity contribution in [3.8, 4) is 11.1 Å². The molecule has 0 radical (unpaired) electrons. The third-order valence-corrected chi connectivity index (χ3v) is 3.92. The highest BCUT2D eigenvalue weighted by Gasteiger charge is 2.17. The average Bonchev–Trinajstić information content (AvgIpc) is 2.62. The van der Waals surface area contributed by atoms with Crippen molar-refractivity contribution in [3.63, 3.8) is 0 Å². The number of aryl methyl sites for hydroxylation is 1. The van der Waals surface area contributed by atoms with Crippen LogP contribution in [0.2, 0.25) is 0 Å². The van der Waals surface area contributed by atoms with Crippen LogP contribution >= 0.6 is 0 Å². The molecule has 7 nitrogen and oxygen atoms in total. The summed E-state index contributed by atoms with van der Waals surface area (Å²) in [4.78, 5) is 25.6. The van der Waals surface area contributed by atoms with Crippen LogP contribution in [0.3, 0.4) is 0 Å². The van der Waals surface area contributed by atoms with Crippen LogP contribution in [0, 0.1) is 0 Å². The van der Waals surface area contributed by atoms with Crippen LogP contribution in [0.15, 0.2) is 41.2 Å². The van der Waals surface area contributed by atoms with Crippen LogP contribution in [0.4, 0.5) is 5.82 Å². The molecule has 1 aromatic carbocycles. The number of carboxylic acids is 1. The topological polar surface area (TPSA) is 84.7 Å². The van der Waals surface area contributed by atoms with Crippen molar-refractivity contribution in [1.29, 1.82) is 0 Å². The molecular weight excluding hydrogens is 310 g/mol. The second-order valence-corrected chi connectivity index (χ2v) is 5.55. The van der Waals surface area contributed by atoms with Crippen molar-refractivity contribution in [3.05, 3.63) is 46.8 Å². The predicted octanol–water partition coefficient (Wildman–Crippen LogP) is 1.22. The molecular formula is C17H19N3O4. The van der Waals surface area contributed by atoms with Gasteiger partial charge in [0.15, 0.2) is 0 Å². The van der Waals surface area contributed by atoms with Gasteiger partial charge in [0.25, 0.3) is 5.56 Å². The second-order valence-electron chi connectivity index (χ2n) is 5.55. The average molecular weight is 329 g/mol. The van der Waals surface area contributed by atoms with Crippen molar-refractivity contribution in [1.82, 2.24) is 9.78 Å². The molecule has 24 heavy (non-hydrogen) atoms. The maximum absolute atomic E-state index is 12.7. The highest BCUT2D eigenvalue weighted by Crippen LogP contribution is 2.20. The Balaban J connectivity index is 2.04. The number of aliphatic carboxylic acids is 1. The highest BCUT2D eigenvalue weighted by molar-refractivity contribution is 5.67. The van der Waals surface area contributed by atoms with E-state index in [0.29, 0.717) is 37.7 Å². The van der Waals surface area contributed by atoms with Gasteiger partial charge in [-0.25, -0.2) is 4.68 Å². The van der Waals surface area contributed by atoms with E-state index in [-0.39, 0.29) is 18.5 Å². The normalized spacial score (nSPS) is 14.6. The third-order valence-electron chi connectivity index (χ3n) is 3.92. The van der Waals surface area contributed by atoms with Crippen molar-refractivity contribution in [2.24, 2.45) is 0 Å². The number of morpholine rings is 1. The fraction of sp³-hybridized carbons (Fsp3) is 0.353. The van der Waals surface area contributed by atoms with Gasteiger partial charge in [0.2, 0.25) is 0 Å². The summed E-state index contributed by atoms with van der Waals surface area (Å²) < 4.78 is 6.60. The minimum absolute atomic E-state index is 0.0478. The molecule has 2 aromatic rings. The van der Waals surface area contributed by atoms with E-state index in [1.54, 1.807) is 6.07 Å². The Bertz CT molecular complexity index is 767. The van der Waals surface area contributed by atoms with Crippen molar-refractivity contribution < 1.29 is 14.6 Å². The summed E-state index contributed by atoms with van der Waals surface area (Å²) in [5, 5.41) is 13.3. The molecule has 0 spiro atoms. The molecule has 3 rings (SSSR count). The summed E-state index contributed by atoms with van der Waals surface area (Å²) in [5.74, 6) is -0.288. The lowest BCUT2D eigenvalue weighted by molar-refractivity contribution is -0.137. The number of carbonyl (C=O) groups is 1. The monoisotopic (exact) mass is 329 g/mol. The van der Waals surface area contributed by atoms with Crippen molar-refractivity contribution in [2.75, 3.05) is 31.2 Å². The largest absolute Gasteiger partial charge is 0.481 e. The number of aromatic nitrogens is 2. The van der Waals surface area contributed by atoms with Gasteiger partial charge in [-0.1, -0.05) is 30.3 Å². The quantitative estimate of drug-likeness (QED) is 0.888. The van der Waals surface area contributed by atoms with Gasteiger partial charge in [0.1, 0.15) is 5.82 Å². The third kappa shape index (κ3) is 3.62. The van der Waals surface area contributed by atoms with Gasteiger partial charge < -0.3 is 14.7 Å². The summed E-state index contributed by atoms with van der Waals surface area (Å²) >= 11 is 0. The first-order valence-corrected chi connectivity index (χ1v) is 7.87. The number of ether oxygens (including phenoxy) is 1. The van der Waals surface area contributed by atoms with E-state index in [9.17, 15) is 9.59 Å². The Morgan fingerprint density at radius 1 is 1.21 bits per heavy atom. The van der Waals surface area contributed by atoms with Gasteiger partial charge in [-0.05, 0) is 11.6 Å². The predicted molar refractivity (Wildman–Crippen MR) is 89.2 cm³/mol. The molecule has 1 N–H and O–H groups in total. The second kappa shape index (κ2) is 7.27. The minimum Gasteiger partial charge on any atom is -0.481 e. The molecule has 1 saturated heterocycles. The van der Waals surface area contributed by atoms with E-state index in [1.807, 2.05) is 35.2 Å². The van der Waals surface area contributed by atoms with E-state index in [4.69, 9.17) is 9.84 Å². The number of hydrogen-bond acceptors (Lipinski definition) is 5. The van der Waals surface area contributed by atoms with E-state index >= 15 is 0 Å². The maximum atomic E-state index is 12.7. The summed E-state index contributed by atoms with van der Waals surface area (Å²) in [5.41, 5.74) is 1.04. The Kier molecular flexibility index (Phi) is 4.90.